The SMILES string of the molecule is CC(CO)Nc1ncc2cc(Cc3cccs3)c(=O)n(C)c2n1. The Labute approximate surface area is 137 Å². The highest BCUT2D eigenvalue weighted by Crippen LogP contribution is 2.17. The molecule has 0 fully saturated rings. The topological polar surface area (TPSA) is 80.0 Å². The maximum atomic E-state index is 12.5. The summed E-state index contributed by atoms with van der Waals surface area (Å²) >= 11 is 1.64. The molecule has 0 aliphatic carbocycles. The highest BCUT2D eigenvalue weighted by atomic mass is 32.1. The molecular formula is C16H18N4O2S. The Hall–Kier alpha value is -2.25. The van der Waals surface area contributed by atoms with Crippen molar-refractivity contribution < 1.29 is 5.11 Å². The minimum Gasteiger partial charge on any atom is -0.394 e. The molecule has 0 spiro atoms. The molecule has 0 saturated carbocycles. The molecule has 23 heavy (non-hydrogen) atoms. The van der Waals surface area contributed by atoms with Crippen LogP contribution in [0.1, 0.15) is 17.4 Å². The molecule has 0 aromatic carbocycles. The molecule has 0 amide bonds. The molecule has 3 heterocycles. The van der Waals surface area contributed by atoms with Crippen LogP contribution in [0.4, 0.5) is 5.95 Å². The van der Waals surface area contributed by atoms with Crippen molar-refractivity contribution in [1.29, 1.82) is 0 Å². The number of aliphatic hydroxyl groups excluding tert-OH is 1. The molecule has 6 nitrogen and oxygen atoms in total. The lowest BCUT2D eigenvalue weighted by molar-refractivity contribution is 0.281. The first-order valence-corrected chi connectivity index (χ1v) is 8.22. The van der Waals surface area contributed by atoms with E-state index in [2.05, 4.69) is 15.3 Å². The van der Waals surface area contributed by atoms with Gasteiger partial charge >= 0.3 is 0 Å². The fourth-order valence-corrected chi connectivity index (χ4v) is 3.10. The summed E-state index contributed by atoms with van der Waals surface area (Å²) in [6.45, 7) is 1.82. The van der Waals surface area contributed by atoms with E-state index in [0.717, 1.165) is 15.8 Å². The molecule has 1 unspecified atom stereocenters. The monoisotopic (exact) mass is 330 g/mol. The van der Waals surface area contributed by atoms with Gasteiger partial charge in [-0.3, -0.25) is 9.36 Å². The van der Waals surface area contributed by atoms with Crippen LogP contribution in [-0.2, 0) is 13.5 Å². The highest BCUT2D eigenvalue weighted by Gasteiger charge is 2.11. The largest absolute Gasteiger partial charge is 0.394 e. The van der Waals surface area contributed by atoms with Gasteiger partial charge in [0.25, 0.3) is 5.56 Å². The van der Waals surface area contributed by atoms with Gasteiger partial charge in [0.1, 0.15) is 5.65 Å². The predicted octanol–water partition coefficient (Wildman–Crippen LogP) is 1.77. The smallest absolute Gasteiger partial charge is 0.255 e. The third-order valence-corrected chi connectivity index (χ3v) is 4.49. The molecule has 3 aromatic rings. The Morgan fingerprint density at radius 3 is 3.00 bits per heavy atom. The molecule has 0 saturated heterocycles. The second kappa shape index (κ2) is 6.47. The zero-order valence-corrected chi connectivity index (χ0v) is 13.8. The molecular weight excluding hydrogens is 312 g/mol. The first-order chi connectivity index (χ1) is 11.1. The number of fused-ring (bicyclic) bond motifs is 1. The minimum atomic E-state index is -0.150. The lowest BCUT2D eigenvalue weighted by Crippen LogP contribution is -2.24. The average molecular weight is 330 g/mol. The molecule has 3 aromatic heterocycles. The van der Waals surface area contributed by atoms with Gasteiger partial charge in [-0.25, -0.2) is 4.98 Å². The molecule has 120 valence electrons. The van der Waals surface area contributed by atoms with Crippen molar-refractivity contribution in [2.24, 2.45) is 7.05 Å². The van der Waals surface area contributed by atoms with Gasteiger partial charge in [-0.2, -0.15) is 4.98 Å². The quantitative estimate of drug-likeness (QED) is 0.745. The molecule has 3 rings (SSSR count). The zero-order chi connectivity index (χ0) is 16.4. The summed E-state index contributed by atoms with van der Waals surface area (Å²) in [5, 5.41) is 14.9. The number of nitrogens with zero attached hydrogens (tertiary/aromatic N) is 3. The van der Waals surface area contributed by atoms with Crippen LogP contribution in [0.3, 0.4) is 0 Å². The van der Waals surface area contributed by atoms with Gasteiger partial charge < -0.3 is 10.4 Å². The number of aliphatic hydroxyl groups is 1. The van der Waals surface area contributed by atoms with Crippen LogP contribution in [0, 0.1) is 0 Å². The summed E-state index contributed by atoms with van der Waals surface area (Å²) in [5.74, 6) is 0.403. The van der Waals surface area contributed by atoms with E-state index in [1.54, 1.807) is 29.1 Å². The second-order valence-corrected chi connectivity index (χ2v) is 6.52. The van der Waals surface area contributed by atoms with E-state index >= 15 is 0 Å². The van der Waals surface area contributed by atoms with Gasteiger partial charge in [0.2, 0.25) is 5.95 Å². The molecule has 2 N–H and O–H groups in total. The standard InChI is InChI=1S/C16H18N4O2S/c1-10(9-21)18-16-17-8-12-6-11(7-13-4-3-5-23-13)15(22)20(2)14(12)19-16/h3-6,8,10,21H,7,9H2,1-2H3,(H,17,18,19). The summed E-state index contributed by atoms with van der Waals surface area (Å²) < 4.78 is 1.55. The molecule has 7 heteroatoms. The third-order valence-electron chi connectivity index (χ3n) is 3.62. The van der Waals surface area contributed by atoms with Gasteiger partial charge in [0, 0.05) is 41.5 Å². The Morgan fingerprint density at radius 2 is 2.30 bits per heavy atom. The molecule has 0 radical (unpaired) electrons. The fraction of sp³-hybridized carbons (Fsp3) is 0.312. The van der Waals surface area contributed by atoms with Gasteiger partial charge in [-0.1, -0.05) is 6.07 Å². The Kier molecular flexibility index (Phi) is 4.40. The summed E-state index contributed by atoms with van der Waals surface area (Å²) in [7, 11) is 1.72. The zero-order valence-electron chi connectivity index (χ0n) is 13.0. The number of aryl methyl sites for hydroxylation is 1. The molecule has 0 bridgehead atoms. The maximum Gasteiger partial charge on any atom is 0.255 e. The van der Waals surface area contributed by atoms with Gasteiger partial charge in [-0.15, -0.1) is 11.3 Å². The second-order valence-electron chi connectivity index (χ2n) is 5.49. The lowest BCUT2D eigenvalue weighted by Gasteiger charge is -2.12. The summed E-state index contributed by atoms with van der Waals surface area (Å²) in [5.41, 5.74) is 1.26. The number of thiophene rings is 1. The summed E-state index contributed by atoms with van der Waals surface area (Å²) in [4.78, 5) is 22.3. The van der Waals surface area contributed by atoms with E-state index in [9.17, 15) is 4.79 Å². The number of nitrogens with one attached hydrogen (secondary N) is 1. The van der Waals surface area contributed by atoms with Crippen LogP contribution < -0.4 is 10.9 Å². The van der Waals surface area contributed by atoms with E-state index < -0.39 is 0 Å². The van der Waals surface area contributed by atoms with Crippen LogP contribution in [0.5, 0.6) is 0 Å². The summed E-state index contributed by atoms with van der Waals surface area (Å²) in [6.07, 6.45) is 2.31. The van der Waals surface area contributed by atoms with E-state index in [-0.39, 0.29) is 18.2 Å². The van der Waals surface area contributed by atoms with Crippen molar-refractivity contribution in [1.82, 2.24) is 14.5 Å². The fourth-order valence-electron chi connectivity index (χ4n) is 2.38. The Balaban J connectivity index is 2.02. The average Bonchev–Trinajstić information content (AvgIpc) is 3.06. The third kappa shape index (κ3) is 3.25. The maximum absolute atomic E-state index is 12.5. The van der Waals surface area contributed by atoms with E-state index in [0.29, 0.717) is 18.0 Å². The van der Waals surface area contributed by atoms with Gasteiger partial charge in [0.05, 0.1) is 6.61 Å². The van der Waals surface area contributed by atoms with Crippen LogP contribution >= 0.6 is 11.3 Å². The Bertz CT molecular complexity index is 874. The van der Waals surface area contributed by atoms with Crippen LogP contribution in [0.15, 0.2) is 34.6 Å². The number of hydrogen-bond donors (Lipinski definition) is 2. The van der Waals surface area contributed by atoms with Gasteiger partial charge in [-0.05, 0) is 24.4 Å². The normalized spacial score (nSPS) is 12.5. The number of pyridine rings is 1. The van der Waals surface area contributed by atoms with Crippen molar-refractivity contribution in [3.63, 3.8) is 0 Å². The van der Waals surface area contributed by atoms with Crippen molar-refractivity contribution in [2.45, 2.75) is 19.4 Å². The van der Waals surface area contributed by atoms with Crippen LogP contribution in [0.25, 0.3) is 11.0 Å². The van der Waals surface area contributed by atoms with Crippen molar-refractivity contribution >= 4 is 28.3 Å². The number of anilines is 1. The van der Waals surface area contributed by atoms with Gasteiger partial charge in [0.15, 0.2) is 0 Å². The molecule has 0 aliphatic rings. The molecule has 0 aliphatic heterocycles. The highest BCUT2D eigenvalue weighted by molar-refractivity contribution is 7.09. The van der Waals surface area contributed by atoms with Crippen LogP contribution in [-0.4, -0.2) is 32.3 Å². The van der Waals surface area contributed by atoms with E-state index in [4.69, 9.17) is 5.11 Å². The first-order valence-electron chi connectivity index (χ1n) is 7.34. The van der Waals surface area contributed by atoms with Crippen molar-refractivity contribution in [2.75, 3.05) is 11.9 Å². The van der Waals surface area contributed by atoms with E-state index in [1.165, 1.54) is 0 Å². The number of hydrogen-bond acceptors (Lipinski definition) is 6. The first kappa shape index (κ1) is 15.6. The number of aromatic nitrogens is 3. The Morgan fingerprint density at radius 1 is 1.48 bits per heavy atom. The lowest BCUT2D eigenvalue weighted by atomic mass is 10.1. The summed E-state index contributed by atoms with van der Waals surface area (Å²) in [6, 6.07) is 5.71. The van der Waals surface area contributed by atoms with Crippen molar-refractivity contribution in [3.05, 3.63) is 50.6 Å². The predicted molar refractivity (Wildman–Crippen MR) is 92.1 cm³/mol. The van der Waals surface area contributed by atoms with Crippen molar-refractivity contribution in [3.8, 4) is 0 Å². The van der Waals surface area contributed by atoms with E-state index in [1.807, 2.05) is 30.5 Å². The minimum absolute atomic E-state index is 0.0138. The number of rotatable bonds is 5. The molecule has 1 atom stereocenters. The van der Waals surface area contributed by atoms with Crippen LogP contribution in [0.2, 0.25) is 0 Å².